The molecule has 1 aliphatic heterocycles. The summed E-state index contributed by atoms with van der Waals surface area (Å²) in [6, 6.07) is 10.6. The molecule has 2 heterocycles. The summed E-state index contributed by atoms with van der Waals surface area (Å²) in [5, 5.41) is 3.45. The third kappa shape index (κ3) is 3.65. The van der Waals surface area contributed by atoms with Crippen LogP contribution in [0.1, 0.15) is 24.3 Å². The van der Waals surface area contributed by atoms with Gasteiger partial charge in [-0.2, -0.15) is 4.98 Å². The van der Waals surface area contributed by atoms with E-state index in [0.29, 0.717) is 12.5 Å². The Morgan fingerprint density at radius 1 is 1.25 bits per heavy atom. The number of hydrogen-bond acceptors (Lipinski definition) is 5. The molecule has 105 valence electrons. The molecule has 1 radical (unpaired) electrons. The molecule has 0 atom stereocenters. The molecule has 1 aromatic heterocycles. The Morgan fingerprint density at radius 2 is 2.05 bits per heavy atom. The van der Waals surface area contributed by atoms with Crippen molar-refractivity contribution in [1.82, 2.24) is 15.0 Å². The number of hydrogen-bond donors (Lipinski definition) is 0. The lowest BCUT2D eigenvalue weighted by Gasteiger charge is -2.31. The molecule has 1 aromatic carbocycles. The highest BCUT2D eigenvalue weighted by Crippen LogP contribution is 2.17. The van der Waals surface area contributed by atoms with Gasteiger partial charge in [-0.25, -0.2) is 0 Å². The first-order valence-electron chi connectivity index (χ1n) is 6.96. The molecule has 0 bridgehead atoms. The summed E-state index contributed by atoms with van der Waals surface area (Å²) in [5.74, 6) is 0.497. The maximum Gasteiger partial charge on any atom is 0.253 e. The average molecular weight is 272 g/mol. The van der Waals surface area contributed by atoms with Crippen LogP contribution in [0.15, 0.2) is 34.9 Å². The van der Waals surface area contributed by atoms with Crippen LogP contribution in [0.25, 0.3) is 0 Å². The van der Waals surface area contributed by atoms with Crippen LogP contribution in [0.4, 0.5) is 0 Å². The molecule has 0 aliphatic carbocycles. The Hall–Kier alpha value is -1.72. The van der Waals surface area contributed by atoms with Crippen LogP contribution in [-0.4, -0.2) is 34.2 Å². The van der Waals surface area contributed by atoms with Gasteiger partial charge in [0.2, 0.25) is 6.33 Å². The number of nitrogens with zero attached hydrogens (tertiary/aromatic N) is 3. The molecule has 5 heteroatoms. The number of aromatic nitrogens is 2. The second kappa shape index (κ2) is 6.63. The van der Waals surface area contributed by atoms with Crippen LogP contribution in [-0.2, 0) is 17.9 Å². The maximum absolute atomic E-state index is 5.78. The lowest BCUT2D eigenvalue weighted by Crippen LogP contribution is -2.36. The molecule has 0 unspecified atom stereocenters. The first-order valence-corrected chi connectivity index (χ1v) is 6.96. The molecule has 0 N–H and O–H groups in total. The van der Waals surface area contributed by atoms with E-state index in [1.54, 1.807) is 0 Å². The van der Waals surface area contributed by atoms with E-state index in [1.807, 2.05) is 0 Å². The van der Waals surface area contributed by atoms with Gasteiger partial charge in [0.05, 0.1) is 6.10 Å². The summed E-state index contributed by atoms with van der Waals surface area (Å²) in [4.78, 5) is 6.30. The normalized spacial score (nSPS) is 17.4. The van der Waals surface area contributed by atoms with Crippen molar-refractivity contribution >= 4 is 0 Å². The van der Waals surface area contributed by atoms with Crippen molar-refractivity contribution in [2.45, 2.75) is 32.1 Å². The molecular formula is C15H18N3O2. The largest absolute Gasteiger partial charge is 0.368 e. The number of likely N-dealkylation sites (tertiary alicyclic amines) is 1. The summed E-state index contributed by atoms with van der Waals surface area (Å²) in [6.45, 7) is 3.54. The highest BCUT2D eigenvalue weighted by molar-refractivity contribution is 5.14. The van der Waals surface area contributed by atoms with Gasteiger partial charge in [-0.3, -0.25) is 4.90 Å². The van der Waals surface area contributed by atoms with Crippen molar-refractivity contribution < 1.29 is 9.26 Å². The smallest absolute Gasteiger partial charge is 0.253 e. The number of piperidine rings is 1. The summed E-state index contributed by atoms with van der Waals surface area (Å²) < 4.78 is 10.7. The van der Waals surface area contributed by atoms with Crippen LogP contribution >= 0.6 is 0 Å². The maximum atomic E-state index is 5.78. The van der Waals surface area contributed by atoms with E-state index in [4.69, 9.17) is 9.26 Å². The van der Waals surface area contributed by atoms with E-state index in [9.17, 15) is 0 Å². The Balaban J connectivity index is 1.40. The monoisotopic (exact) mass is 272 g/mol. The second-order valence-electron chi connectivity index (χ2n) is 5.06. The minimum atomic E-state index is 0.286. The Bertz CT molecular complexity index is 493. The van der Waals surface area contributed by atoms with E-state index in [-0.39, 0.29) is 6.10 Å². The summed E-state index contributed by atoms with van der Waals surface area (Å²) in [6.07, 6.45) is 4.78. The molecule has 20 heavy (non-hydrogen) atoms. The molecule has 3 rings (SSSR count). The third-order valence-corrected chi connectivity index (χ3v) is 3.59. The fourth-order valence-corrected chi connectivity index (χ4v) is 2.49. The molecule has 0 amide bonds. The van der Waals surface area contributed by atoms with Crippen molar-refractivity contribution in [3.8, 4) is 0 Å². The molecule has 0 spiro atoms. The van der Waals surface area contributed by atoms with E-state index in [2.05, 4.69) is 51.7 Å². The Kier molecular flexibility index (Phi) is 4.40. The highest BCUT2D eigenvalue weighted by Gasteiger charge is 2.20. The first-order chi connectivity index (χ1) is 9.90. The summed E-state index contributed by atoms with van der Waals surface area (Å²) in [7, 11) is 0. The lowest BCUT2D eigenvalue weighted by molar-refractivity contribution is -0.0136. The molecule has 1 fully saturated rings. The molecule has 1 aliphatic rings. The molecule has 1 saturated heterocycles. The SMILES string of the molecule is [c]1noc(COC2CCN(Cc3ccccc3)CC2)n1. The van der Waals surface area contributed by atoms with Crippen molar-refractivity contribution in [3.05, 3.63) is 48.1 Å². The van der Waals surface area contributed by atoms with Gasteiger partial charge in [0.1, 0.15) is 6.61 Å². The van der Waals surface area contributed by atoms with Gasteiger partial charge >= 0.3 is 0 Å². The predicted octanol–water partition coefficient (Wildman–Crippen LogP) is 2.05. The van der Waals surface area contributed by atoms with E-state index in [0.717, 1.165) is 32.5 Å². The zero-order valence-electron chi connectivity index (χ0n) is 11.4. The van der Waals surface area contributed by atoms with Gasteiger partial charge in [-0.05, 0) is 18.4 Å². The zero-order valence-corrected chi connectivity index (χ0v) is 11.4. The number of rotatable bonds is 5. The third-order valence-electron chi connectivity index (χ3n) is 3.59. The van der Waals surface area contributed by atoms with Gasteiger partial charge < -0.3 is 9.26 Å². The predicted molar refractivity (Wildman–Crippen MR) is 72.7 cm³/mol. The van der Waals surface area contributed by atoms with E-state index in [1.165, 1.54) is 5.56 Å². The van der Waals surface area contributed by atoms with Crippen LogP contribution in [0.3, 0.4) is 0 Å². The average Bonchev–Trinajstić information content (AvgIpc) is 3.01. The van der Waals surface area contributed by atoms with Crippen LogP contribution in [0.5, 0.6) is 0 Å². The minimum Gasteiger partial charge on any atom is -0.368 e. The van der Waals surface area contributed by atoms with E-state index >= 15 is 0 Å². The Labute approximate surface area is 118 Å². The first kappa shape index (κ1) is 13.3. The Morgan fingerprint density at radius 3 is 2.75 bits per heavy atom. The van der Waals surface area contributed by atoms with Gasteiger partial charge in [0, 0.05) is 19.6 Å². The molecule has 0 saturated carbocycles. The quantitative estimate of drug-likeness (QED) is 0.833. The zero-order chi connectivity index (χ0) is 13.6. The fourth-order valence-electron chi connectivity index (χ4n) is 2.49. The van der Waals surface area contributed by atoms with Gasteiger partial charge in [0.25, 0.3) is 5.89 Å². The van der Waals surface area contributed by atoms with Crippen molar-refractivity contribution in [3.63, 3.8) is 0 Å². The van der Waals surface area contributed by atoms with E-state index < -0.39 is 0 Å². The number of benzene rings is 1. The second-order valence-corrected chi connectivity index (χ2v) is 5.06. The van der Waals surface area contributed by atoms with Crippen LogP contribution in [0.2, 0.25) is 0 Å². The summed E-state index contributed by atoms with van der Waals surface area (Å²) >= 11 is 0. The standard InChI is InChI=1S/C15H18N3O2/c1-2-4-13(5-3-1)10-18-8-6-14(7-9-18)19-11-15-16-12-17-20-15/h1-5,14H,6-11H2. The minimum absolute atomic E-state index is 0.286. The molecule has 2 aromatic rings. The lowest BCUT2D eigenvalue weighted by atomic mass is 10.1. The van der Waals surface area contributed by atoms with Gasteiger partial charge in [0.15, 0.2) is 0 Å². The van der Waals surface area contributed by atoms with Crippen molar-refractivity contribution in [1.29, 1.82) is 0 Å². The molecular weight excluding hydrogens is 254 g/mol. The summed E-state index contributed by atoms with van der Waals surface area (Å²) in [5.41, 5.74) is 1.37. The van der Waals surface area contributed by atoms with Crippen LogP contribution in [0, 0.1) is 6.33 Å². The van der Waals surface area contributed by atoms with Crippen molar-refractivity contribution in [2.24, 2.45) is 0 Å². The number of ether oxygens (including phenoxy) is 1. The molecule has 5 nitrogen and oxygen atoms in total. The van der Waals surface area contributed by atoms with Crippen LogP contribution < -0.4 is 0 Å². The fraction of sp³-hybridized carbons (Fsp3) is 0.467. The van der Waals surface area contributed by atoms with Gasteiger partial charge in [-0.15, -0.1) is 0 Å². The van der Waals surface area contributed by atoms with Gasteiger partial charge in [-0.1, -0.05) is 35.5 Å². The topological polar surface area (TPSA) is 51.4 Å². The highest BCUT2D eigenvalue weighted by atomic mass is 16.5. The van der Waals surface area contributed by atoms with Crippen molar-refractivity contribution in [2.75, 3.05) is 13.1 Å².